The van der Waals surface area contributed by atoms with E-state index >= 15 is 0 Å². The number of anilines is 1. The van der Waals surface area contributed by atoms with Crippen molar-refractivity contribution in [1.29, 1.82) is 0 Å². The predicted octanol–water partition coefficient (Wildman–Crippen LogP) is 6.12. The molecule has 1 unspecified atom stereocenters. The first-order chi connectivity index (χ1) is 17.3. The van der Waals surface area contributed by atoms with Gasteiger partial charge in [0, 0.05) is 10.9 Å². The minimum atomic E-state index is -0.818. The van der Waals surface area contributed by atoms with Crippen LogP contribution in [-0.4, -0.2) is 36.0 Å². The molecule has 2 aromatic carbocycles. The molecule has 5 rings (SSSR count). The number of aliphatic hydroxyl groups excluding tert-OH is 1. The van der Waals surface area contributed by atoms with Gasteiger partial charge in [0.15, 0.2) is 5.13 Å². The van der Waals surface area contributed by atoms with Crippen LogP contribution in [0.3, 0.4) is 0 Å². The van der Waals surface area contributed by atoms with Crippen LogP contribution >= 0.6 is 22.7 Å². The number of amides is 1. The van der Waals surface area contributed by atoms with E-state index in [4.69, 9.17) is 14.5 Å². The summed E-state index contributed by atoms with van der Waals surface area (Å²) in [5.41, 5.74) is 2.21. The van der Waals surface area contributed by atoms with Crippen LogP contribution < -0.4 is 14.4 Å². The normalized spacial score (nSPS) is 17.4. The largest absolute Gasteiger partial charge is 0.507 e. The zero-order valence-corrected chi connectivity index (χ0v) is 21.8. The van der Waals surface area contributed by atoms with E-state index in [9.17, 15) is 14.7 Å². The number of fused-ring (bicyclic) bond motifs is 1. The van der Waals surface area contributed by atoms with Gasteiger partial charge in [0.25, 0.3) is 5.78 Å². The number of nitrogens with zero attached hydrogens (tertiary/aromatic N) is 2. The quantitative estimate of drug-likeness (QED) is 0.187. The fraction of sp³-hybridized carbons (Fsp3) is 0.222. The number of aromatic nitrogens is 1. The maximum absolute atomic E-state index is 13.4. The summed E-state index contributed by atoms with van der Waals surface area (Å²) in [5, 5.41) is 13.7. The number of ketones is 1. The van der Waals surface area contributed by atoms with Crippen LogP contribution in [-0.2, 0) is 9.59 Å². The SMILES string of the molecule is COc1ccc(/C(O)=C2\C(=O)C(=O)N(c3nc4ccc(C(C)C)cc4s3)C2c2cccs2)c(OC)c1. The van der Waals surface area contributed by atoms with Crippen molar-refractivity contribution >= 4 is 55.5 Å². The number of rotatable bonds is 6. The Bertz CT molecular complexity index is 1500. The van der Waals surface area contributed by atoms with Crippen molar-refractivity contribution < 1.29 is 24.2 Å². The first-order valence-corrected chi connectivity index (χ1v) is 13.0. The first-order valence-electron chi connectivity index (χ1n) is 11.3. The monoisotopic (exact) mass is 520 g/mol. The number of aliphatic hydroxyl groups is 1. The average molecular weight is 521 g/mol. The minimum absolute atomic E-state index is 0.00644. The lowest BCUT2D eigenvalue weighted by molar-refractivity contribution is -0.132. The molecule has 1 atom stereocenters. The van der Waals surface area contributed by atoms with Gasteiger partial charge in [-0.2, -0.15) is 0 Å². The lowest BCUT2D eigenvalue weighted by Crippen LogP contribution is -2.28. The van der Waals surface area contributed by atoms with E-state index in [2.05, 4.69) is 19.9 Å². The molecular weight excluding hydrogens is 496 g/mol. The Balaban J connectivity index is 1.69. The van der Waals surface area contributed by atoms with Gasteiger partial charge >= 0.3 is 5.91 Å². The maximum atomic E-state index is 13.4. The molecule has 7 nitrogen and oxygen atoms in total. The van der Waals surface area contributed by atoms with E-state index in [1.165, 1.54) is 47.4 Å². The molecule has 2 aromatic heterocycles. The number of ether oxygens (including phenoxy) is 2. The van der Waals surface area contributed by atoms with Crippen molar-refractivity contribution in [3.63, 3.8) is 0 Å². The van der Waals surface area contributed by atoms with Crippen molar-refractivity contribution in [3.8, 4) is 11.5 Å². The second-order valence-corrected chi connectivity index (χ2v) is 10.6. The van der Waals surface area contributed by atoms with E-state index in [1.54, 1.807) is 18.2 Å². The number of hydrogen-bond donors (Lipinski definition) is 1. The molecule has 1 aliphatic rings. The number of carbonyl (C=O) groups is 2. The average Bonchev–Trinajstić information content (AvgIpc) is 3.61. The standard InChI is InChI=1S/C27H24N2O5S2/c1-14(2)15-7-10-18-21(12-15)36-27(28-18)29-23(20-6-5-11-35-20)22(25(31)26(29)32)24(30)17-9-8-16(33-3)13-19(17)34-4/h5-14,23,30H,1-4H3/b24-22+. The highest BCUT2D eigenvalue weighted by atomic mass is 32.1. The van der Waals surface area contributed by atoms with E-state index in [-0.39, 0.29) is 11.3 Å². The Morgan fingerprint density at radius 3 is 2.56 bits per heavy atom. The van der Waals surface area contributed by atoms with Crippen LogP contribution in [0.2, 0.25) is 0 Å². The number of Topliss-reactive ketones (excluding diaryl/α,β-unsaturated/α-hetero) is 1. The number of benzene rings is 2. The van der Waals surface area contributed by atoms with Crippen molar-refractivity contribution in [2.75, 3.05) is 19.1 Å². The zero-order chi connectivity index (χ0) is 25.6. The molecule has 1 amide bonds. The topological polar surface area (TPSA) is 89.0 Å². The number of thiophene rings is 1. The zero-order valence-electron chi connectivity index (χ0n) is 20.1. The van der Waals surface area contributed by atoms with Crippen LogP contribution in [0.25, 0.3) is 16.0 Å². The van der Waals surface area contributed by atoms with Gasteiger partial charge in [-0.3, -0.25) is 14.5 Å². The van der Waals surface area contributed by atoms with Gasteiger partial charge in [-0.15, -0.1) is 11.3 Å². The Morgan fingerprint density at radius 1 is 1.08 bits per heavy atom. The molecule has 1 aliphatic heterocycles. The molecule has 0 spiro atoms. The summed E-state index contributed by atoms with van der Waals surface area (Å²) in [7, 11) is 2.99. The molecule has 0 saturated carbocycles. The highest BCUT2D eigenvalue weighted by Crippen LogP contribution is 2.46. The van der Waals surface area contributed by atoms with Gasteiger partial charge in [0.05, 0.1) is 35.6 Å². The molecule has 184 valence electrons. The summed E-state index contributed by atoms with van der Waals surface area (Å²) in [6, 6.07) is 13.8. The third kappa shape index (κ3) is 3.94. The van der Waals surface area contributed by atoms with Gasteiger partial charge in [-0.05, 0) is 47.2 Å². The number of methoxy groups -OCH3 is 2. The lowest BCUT2D eigenvalue weighted by atomic mass is 9.99. The molecule has 1 saturated heterocycles. The van der Waals surface area contributed by atoms with Gasteiger partial charge in [0.1, 0.15) is 23.3 Å². The van der Waals surface area contributed by atoms with E-state index in [1.807, 2.05) is 29.6 Å². The molecule has 1 fully saturated rings. The Labute approximate surface area is 216 Å². The van der Waals surface area contributed by atoms with Gasteiger partial charge in [0.2, 0.25) is 0 Å². The van der Waals surface area contributed by atoms with E-state index < -0.39 is 17.7 Å². The summed E-state index contributed by atoms with van der Waals surface area (Å²) in [5.74, 6) is -0.605. The number of hydrogen-bond acceptors (Lipinski definition) is 8. The first kappa shape index (κ1) is 24.0. The molecule has 36 heavy (non-hydrogen) atoms. The molecule has 9 heteroatoms. The molecule has 0 bridgehead atoms. The second-order valence-electron chi connectivity index (χ2n) is 8.63. The van der Waals surface area contributed by atoms with Crippen LogP contribution in [0, 0.1) is 0 Å². The Morgan fingerprint density at radius 2 is 1.89 bits per heavy atom. The second kappa shape index (κ2) is 9.40. The van der Waals surface area contributed by atoms with Crippen LogP contribution in [0.5, 0.6) is 11.5 Å². The third-order valence-electron chi connectivity index (χ3n) is 6.19. The lowest BCUT2D eigenvalue weighted by Gasteiger charge is -2.21. The highest BCUT2D eigenvalue weighted by Gasteiger charge is 2.48. The summed E-state index contributed by atoms with van der Waals surface area (Å²) >= 11 is 2.76. The van der Waals surface area contributed by atoms with Crippen molar-refractivity contribution in [1.82, 2.24) is 4.98 Å². The molecule has 1 N–H and O–H groups in total. The van der Waals surface area contributed by atoms with E-state index in [0.29, 0.717) is 28.1 Å². The van der Waals surface area contributed by atoms with Crippen LogP contribution in [0.4, 0.5) is 5.13 Å². The molecule has 3 heterocycles. The molecule has 0 aliphatic carbocycles. The Hall–Kier alpha value is -3.69. The van der Waals surface area contributed by atoms with Gasteiger partial charge in [-0.25, -0.2) is 4.98 Å². The van der Waals surface area contributed by atoms with Crippen molar-refractivity contribution in [2.45, 2.75) is 25.8 Å². The van der Waals surface area contributed by atoms with Crippen molar-refractivity contribution in [2.24, 2.45) is 0 Å². The third-order valence-corrected chi connectivity index (χ3v) is 8.14. The summed E-state index contributed by atoms with van der Waals surface area (Å²) in [6.45, 7) is 4.23. The summed E-state index contributed by atoms with van der Waals surface area (Å²) < 4.78 is 11.6. The fourth-order valence-corrected chi connectivity index (χ4v) is 6.14. The number of thiazole rings is 1. The fourth-order valence-electron chi connectivity index (χ4n) is 4.28. The summed E-state index contributed by atoms with van der Waals surface area (Å²) in [6.07, 6.45) is 0. The van der Waals surface area contributed by atoms with Crippen molar-refractivity contribution in [3.05, 3.63) is 75.5 Å². The smallest absolute Gasteiger partial charge is 0.301 e. The maximum Gasteiger partial charge on any atom is 0.301 e. The number of carbonyl (C=O) groups excluding carboxylic acids is 2. The molecular formula is C27H24N2O5S2. The van der Waals surface area contributed by atoms with Gasteiger partial charge in [-0.1, -0.05) is 37.3 Å². The highest BCUT2D eigenvalue weighted by molar-refractivity contribution is 7.22. The Kier molecular flexibility index (Phi) is 6.27. The predicted molar refractivity (Wildman–Crippen MR) is 142 cm³/mol. The van der Waals surface area contributed by atoms with Gasteiger partial charge < -0.3 is 14.6 Å². The summed E-state index contributed by atoms with van der Waals surface area (Å²) in [4.78, 5) is 33.6. The molecule has 4 aromatic rings. The van der Waals surface area contributed by atoms with Crippen LogP contribution in [0.1, 0.15) is 41.8 Å². The molecule has 0 radical (unpaired) electrons. The van der Waals surface area contributed by atoms with E-state index in [0.717, 1.165) is 15.1 Å². The minimum Gasteiger partial charge on any atom is -0.507 e. The van der Waals surface area contributed by atoms with Crippen LogP contribution in [0.15, 0.2) is 59.5 Å².